The van der Waals surface area contributed by atoms with Crippen LogP contribution in [0.2, 0.25) is 0 Å². The number of aromatic nitrogens is 3. The fourth-order valence-corrected chi connectivity index (χ4v) is 4.41. The van der Waals surface area contributed by atoms with Crippen LogP contribution in [0, 0.1) is 12.8 Å². The molecule has 8 heteroatoms. The molecule has 1 fully saturated rings. The average Bonchev–Trinajstić information content (AvgIpc) is 2.98. The van der Waals surface area contributed by atoms with Crippen LogP contribution in [-0.4, -0.2) is 35.2 Å². The Balaban J connectivity index is 1.62. The second kappa shape index (κ2) is 5.59. The lowest BCUT2D eigenvalue weighted by atomic mass is 10.0. The van der Waals surface area contributed by atoms with Crippen LogP contribution in [0.4, 0.5) is 0 Å². The Morgan fingerprint density at radius 3 is 2.90 bits per heavy atom. The summed E-state index contributed by atoms with van der Waals surface area (Å²) in [6.45, 7) is 1.82. The SMILES string of the molecule is Cc1cc(Cc2noc(CC3CCCS(=O)(=O)C3)n2)no1. The molecule has 7 nitrogen and oxygen atoms in total. The first-order valence-electron chi connectivity index (χ1n) is 6.94. The molecule has 0 radical (unpaired) electrons. The zero-order chi connectivity index (χ0) is 14.9. The second-order valence-corrected chi connectivity index (χ2v) is 7.77. The molecular weight excluding hydrogens is 294 g/mol. The summed E-state index contributed by atoms with van der Waals surface area (Å²) in [7, 11) is -2.90. The minimum atomic E-state index is -2.90. The fourth-order valence-electron chi connectivity index (χ4n) is 2.63. The quantitative estimate of drug-likeness (QED) is 0.839. The first-order chi connectivity index (χ1) is 10.00. The van der Waals surface area contributed by atoms with Crippen LogP contribution in [0.15, 0.2) is 15.1 Å². The smallest absolute Gasteiger partial charge is 0.226 e. The van der Waals surface area contributed by atoms with Crippen molar-refractivity contribution in [3.63, 3.8) is 0 Å². The van der Waals surface area contributed by atoms with Gasteiger partial charge >= 0.3 is 0 Å². The molecule has 1 aliphatic rings. The van der Waals surface area contributed by atoms with Gasteiger partial charge in [-0.25, -0.2) is 8.42 Å². The molecule has 21 heavy (non-hydrogen) atoms. The lowest BCUT2D eigenvalue weighted by molar-refractivity contribution is 0.346. The maximum Gasteiger partial charge on any atom is 0.226 e. The van der Waals surface area contributed by atoms with E-state index < -0.39 is 9.84 Å². The molecule has 1 atom stereocenters. The summed E-state index contributed by atoms with van der Waals surface area (Å²) in [6.07, 6.45) is 2.57. The van der Waals surface area contributed by atoms with E-state index in [1.54, 1.807) is 0 Å². The van der Waals surface area contributed by atoms with Crippen molar-refractivity contribution in [2.45, 2.75) is 32.6 Å². The van der Waals surface area contributed by atoms with Crippen LogP contribution < -0.4 is 0 Å². The summed E-state index contributed by atoms with van der Waals surface area (Å²) in [6, 6.07) is 1.82. The van der Waals surface area contributed by atoms with E-state index in [0.717, 1.165) is 17.9 Å². The van der Waals surface area contributed by atoms with Crippen LogP contribution in [0.1, 0.15) is 36.0 Å². The van der Waals surface area contributed by atoms with Crippen molar-refractivity contribution in [3.8, 4) is 0 Å². The van der Waals surface area contributed by atoms with E-state index in [-0.39, 0.29) is 11.7 Å². The Hall–Kier alpha value is -1.70. The number of rotatable bonds is 4. The number of aryl methyl sites for hydroxylation is 1. The van der Waals surface area contributed by atoms with E-state index in [1.165, 1.54) is 0 Å². The normalized spacial score (nSPS) is 21.5. The molecular formula is C13H17N3O4S. The Labute approximate surface area is 122 Å². The molecule has 1 aliphatic heterocycles. The Morgan fingerprint density at radius 1 is 1.33 bits per heavy atom. The Morgan fingerprint density at radius 2 is 2.19 bits per heavy atom. The zero-order valence-corrected chi connectivity index (χ0v) is 12.6. The van der Waals surface area contributed by atoms with Crippen molar-refractivity contribution < 1.29 is 17.5 Å². The van der Waals surface area contributed by atoms with Crippen molar-refractivity contribution in [1.29, 1.82) is 0 Å². The van der Waals surface area contributed by atoms with Gasteiger partial charge in [-0.05, 0) is 25.7 Å². The monoisotopic (exact) mass is 311 g/mol. The first kappa shape index (κ1) is 14.2. The van der Waals surface area contributed by atoms with Gasteiger partial charge in [0, 0.05) is 12.5 Å². The molecule has 0 amide bonds. The maximum atomic E-state index is 11.6. The lowest BCUT2D eigenvalue weighted by Crippen LogP contribution is -2.26. The largest absolute Gasteiger partial charge is 0.361 e. The Bertz CT molecular complexity index is 719. The number of hydrogen-bond donors (Lipinski definition) is 0. The highest BCUT2D eigenvalue weighted by Gasteiger charge is 2.26. The summed E-state index contributed by atoms with van der Waals surface area (Å²) in [5, 5.41) is 7.78. The van der Waals surface area contributed by atoms with Crippen molar-refractivity contribution in [2.75, 3.05) is 11.5 Å². The molecule has 1 saturated heterocycles. The van der Waals surface area contributed by atoms with Crippen molar-refractivity contribution in [1.82, 2.24) is 15.3 Å². The zero-order valence-electron chi connectivity index (χ0n) is 11.8. The molecule has 3 rings (SSSR count). The molecule has 0 bridgehead atoms. The second-order valence-electron chi connectivity index (χ2n) is 5.54. The molecule has 1 unspecified atom stereocenters. The predicted octanol–water partition coefficient (Wildman–Crippen LogP) is 1.32. The topological polar surface area (TPSA) is 99.1 Å². The minimum absolute atomic E-state index is 0.0753. The summed E-state index contributed by atoms with van der Waals surface area (Å²) in [5.74, 6) is 2.36. The van der Waals surface area contributed by atoms with Crippen LogP contribution in [0.25, 0.3) is 0 Å². The standard InChI is InChI=1S/C13H17N3O4S/c1-9-5-11(15-19-9)7-12-14-13(20-16-12)6-10-3-2-4-21(17,18)8-10/h5,10H,2-4,6-8H2,1H3. The third kappa shape index (κ3) is 3.69. The molecule has 0 N–H and O–H groups in total. The van der Waals surface area contributed by atoms with Gasteiger partial charge in [-0.15, -0.1) is 0 Å². The first-order valence-corrected chi connectivity index (χ1v) is 8.76. The van der Waals surface area contributed by atoms with Gasteiger partial charge < -0.3 is 9.05 Å². The van der Waals surface area contributed by atoms with E-state index in [4.69, 9.17) is 9.05 Å². The number of sulfone groups is 1. The van der Waals surface area contributed by atoms with Crippen LogP contribution in [-0.2, 0) is 22.7 Å². The molecule has 0 spiro atoms. The van der Waals surface area contributed by atoms with Gasteiger partial charge in [-0.2, -0.15) is 4.98 Å². The van der Waals surface area contributed by atoms with E-state index in [9.17, 15) is 8.42 Å². The van der Waals surface area contributed by atoms with Gasteiger partial charge in [0.15, 0.2) is 15.7 Å². The molecule has 114 valence electrons. The number of nitrogens with zero attached hydrogens (tertiary/aromatic N) is 3. The third-order valence-electron chi connectivity index (χ3n) is 3.55. The molecule has 0 saturated carbocycles. The maximum absolute atomic E-state index is 11.6. The van der Waals surface area contributed by atoms with Crippen molar-refractivity contribution >= 4 is 9.84 Å². The van der Waals surface area contributed by atoms with E-state index >= 15 is 0 Å². The third-order valence-corrected chi connectivity index (χ3v) is 5.44. The van der Waals surface area contributed by atoms with Crippen molar-refractivity contribution in [3.05, 3.63) is 29.2 Å². The van der Waals surface area contributed by atoms with E-state index in [0.29, 0.717) is 36.7 Å². The van der Waals surface area contributed by atoms with Gasteiger partial charge in [-0.3, -0.25) is 0 Å². The highest BCUT2D eigenvalue weighted by molar-refractivity contribution is 7.91. The van der Waals surface area contributed by atoms with Gasteiger partial charge in [-0.1, -0.05) is 10.3 Å². The van der Waals surface area contributed by atoms with Gasteiger partial charge in [0.2, 0.25) is 5.89 Å². The molecule has 0 aromatic carbocycles. The Kier molecular flexibility index (Phi) is 3.79. The fraction of sp³-hybridized carbons (Fsp3) is 0.615. The molecule has 0 aliphatic carbocycles. The molecule has 3 heterocycles. The lowest BCUT2D eigenvalue weighted by Gasteiger charge is -2.19. The number of hydrogen-bond acceptors (Lipinski definition) is 7. The van der Waals surface area contributed by atoms with E-state index in [2.05, 4.69) is 15.3 Å². The molecule has 2 aromatic rings. The van der Waals surface area contributed by atoms with Crippen LogP contribution in [0.5, 0.6) is 0 Å². The van der Waals surface area contributed by atoms with Gasteiger partial charge in [0.05, 0.1) is 23.6 Å². The minimum Gasteiger partial charge on any atom is -0.361 e. The summed E-state index contributed by atoms with van der Waals surface area (Å²) < 4.78 is 33.4. The van der Waals surface area contributed by atoms with Crippen LogP contribution in [0.3, 0.4) is 0 Å². The highest BCUT2D eigenvalue weighted by Crippen LogP contribution is 2.22. The highest BCUT2D eigenvalue weighted by atomic mass is 32.2. The van der Waals surface area contributed by atoms with Crippen LogP contribution >= 0.6 is 0 Å². The summed E-state index contributed by atoms with van der Waals surface area (Å²) >= 11 is 0. The van der Waals surface area contributed by atoms with Gasteiger partial charge in [0.25, 0.3) is 0 Å². The predicted molar refractivity (Wildman–Crippen MR) is 73.4 cm³/mol. The van der Waals surface area contributed by atoms with Gasteiger partial charge in [0.1, 0.15) is 5.76 Å². The average molecular weight is 311 g/mol. The summed E-state index contributed by atoms with van der Waals surface area (Å²) in [4.78, 5) is 4.30. The summed E-state index contributed by atoms with van der Waals surface area (Å²) in [5.41, 5.74) is 0.750. The van der Waals surface area contributed by atoms with E-state index in [1.807, 2.05) is 13.0 Å². The van der Waals surface area contributed by atoms with Crippen molar-refractivity contribution in [2.24, 2.45) is 5.92 Å². The molecule has 2 aromatic heterocycles.